The Bertz CT molecular complexity index is 1200. The van der Waals surface area contributed by atoms with Crippen LogP contribution in [0.2, 0.25) is 15.1 Å². The molecule has 2 N–H and O–H groups in total. The van der Waals surface area contributed by atoms with E-state index in [0.29, 0.717) is 5.56 Å². The van der Waals surface area contributed by atoms with E-state index < -0.39 is 15.9 Å². The SMILES string of the molecule is Cc1ccc(NC(=O)c2cccc(Cl)c2Cl)cc1S(=O)(=O)Nc1ccccc1Cl. The van der Waals surface area contributed by atoms with Crippen LogP contribution >= 0.6 is 34.8 Å². The molecule has 150 valence electrons. The Hall–Kier alpha value is -2.25. The van der Waals surface area contributed by atoms with Crippen LogP contribution in [0.3, 0.4) is 0 Å². The van der Waals surface area contributed by atoms with Crippen LogP contribution in [0.1, 0.15) is 15.9 Å². The molecule has 3 aromatic carbocycles. The summed E-state index contributed by atoms with van der Waals surface area (Å²) >= 11 is 18.1. The highest BCUT2D eigenvalue weighted by atomic mass is 35.5. The fourth-order valence-corrected chi connectivity index (χ4v) is 4.57. The summed E-state index contributed by atoms with van der Waals surface area (Å²) in [6.45, 7) is 1.65. The summed E-state index contributed by atoms with van der Waals surface area (Å²) in [6, 6.07) is 15.7. The second kappa shape index (κ2) is 8.63. The zero-order valence-corrected chi connectivity index (χ0v) is 18.1. The third kappa shape index (κ3) is 4.85. The van der Waals surface area contributed by atoms with E-state index in [1.165, 1.54) is 12.1 Å². The largest absolute Gasteiger partial charge is 0.322 e. The lowest BCUT2D eigenvalue weighted by atomic mass is 10.2. The first-order valence-electron chi connectivity index (χ1n) is 8.32. The quantitative estimate of drug-likeness (QED) is 0.480. The summed E-state index contributed by atoms with van der Waals surface area (Å²) in [5.41, 5.74) is 1.23. The summed E-state index contributed by atoms with van der Waals surface area (Å²) in [5, 5.41) is 3.28. The molecule has 3 aromatic rings. The van der Waals surface area contributed by atoms with Gasteiger partial charge in [0, 0.05) is 5.69 Å². The number of carbonyl (C=O) groups excluding carboxylic acids is 1. The van der Waals surface area contributed by atoms with Gasteiger partial charge in [-0.3, -0.25) is 9.52 Å². The molecule has 0 heterocycles. The van der Waals surface area contributed by atoms with E-state index in [4.69, 9.17) is 34.8 Å². The van der Waals surface area contributed by atoms with Crippen molar-refractivity contribution in [1.29, 1.82) is 0 Å². The number of aryl methyl sites for hydroxylation is 1. The molecule has 0 saturated heterocycles. The van der Waals surface area contributed by atoms with Crippen LogP contribution in [-0.4, -0.2) is 14.3 Å². The van der Waals surface area contributed by atoms with Crippen molar-refractivity contribution in [1.82, 2.24) is 0 Å². The Morgan fingerprint density at radius 1 is 0.897 bits per heavy atom. The van der Waals surface area contributed by atoms with Gasteiger partial charge in [-0.15, -0.1) is 0 Å². The second-order valence-electron chi connectivity index (χ2n) is 6.12. The Morgan fingerprint density at radius 2 is 1.59 bits per heavy atom. The van der Waals surface area contributed by atoms with Gasteiger partial charge in [-0.2, -0.15) is 0 Å². The van der Waals surface area contributed by atoms with Crippen molar-refractivity contribution in [3.05, 3.63) is 86.9 Å². The van der Waals surface area contributed by atoms with Crippen molar-refractivity contribution < 1.29 is 13.2 Å². The normalized spacial score (nSPS) is 11.2. The van der Waals surface area contributed by atoms with Crippen molar-refractivity contribution in [3.63, 3.8) is 0 Å². The van der Waals surface area contributed by atoms with E-state index in [0.717, 1.165) is 0 Å². The topological polar surface area (TPSA) is 75.3 Å². The number of hydrogen-bond donors (Lipinski definition) is 2. The minimum Gasteiger partial charge on any atom is -0.322 e. The average Bonchev–Trinajstić information content (AvgIpc) is 2.67. The number of halogens is 3. The van der Waals surface area contributed by atoms with Crippen molar-refractivity contribution >= 4 is 62.1 Å². The zero-order valence-electron chi connectivity index (χ0n) is 15.0. The summed E-state index contributed by atoms with van der Waals surface area (Å²) in [6.07, 6.45) is 0. The van der Waals surface area contributed by atoms with Gasteiger partial charge in [0.05, 0.1) is 31.2 Å². The van der Waals surface area contributed by atoms with Crippen LogP contribution in [-0.2, 0) is 10.0 Å². The molecule has 0 fully saturated rings. The van der Waals surface area contributed by atoms with Gasteiger partial charge in [0.15, 0.2) is 0 Å². The summed E-state index contributed by atoms with van der Waals surface area (Å²) < 4.78 is 28.2. The molecule has 0 radical (unpaired) electrons. The standard InChI is InChI=1S/C20H15Cl3N2O3S/c1-12-9-10-13(24-20(26)14-5-4-7-16(22)19(14)23)11-18(12)29(27,28)25-17-8-3-2-6-15(17)21/h2-11,25H,1H3,(H,24,26). The number of rotatable bonds is 5. The lowest BCUT2D eigenvalue weighted by molar-refractivity contribution is 0.102. The molecular weight excluding hydrogens is 455 g/mol. The van der Waals surface area contributed by atoms with E-state index in [9.17, 15) is 13.2 Å². The monoisotopic (exact) mass is 468 g/mol. The van der Waals surface area contributed by atoms with Gasteiger partial charge in [0.2, 0.25) is 0 Å². The molecular formula is C20H15Cl3N2O3S. The summed E-state index contributed by atoms with van der Waals surface area (Å²) in [4.78, 5) is 12.5. The maximum atomic E-state index is 12.9. The molecule has 9 heteroatoms. The zero-order chi connectivity index (χ0) is 21.2. The molecule has 3 rings (SSSR count). The van der Waals surface area contributed by atoms with Gasteiger partial charge in [0.1, 0.15) is 0 Å². The average molecular weight is 470 g/mol. The highest BCUT2D eigenvalue weighted by Gasteiger charge is 2.20. The van der Waals surface area contributed by atoms with E-state index in [1.807, 2.05) is 0 Å². The summed E-state index contributed by atoms with van der Waals surface area (Å²) in [5.74, 6) is -0.510. The van der Waals surface area contributed by atoms with Crippen molar-refractivity contribution in [2.75, 3.05) is 10.0 Å². The van der Waals surface area contributed by atoms with Gasteiger partial charge >= 0.3 is 0 Å². The van der Waals surface area contributed by atoms with Crippen LogP contribution in [0.5, 0.6) is 0 Å². The van der Waals surface area contributed by atoms with Crippen LogP contribution < -0.4 is 10.0 Å². The Kier molecular flexibility index (Phi) is 6.39. The Morgan fingerprint density at radius 3 is 2.31 bits per heavy atom. The molecule has 0 spiro atoms. The van der Waals surface area contributed by atoms with E-state index in [2.05, 4.69) is 10.0 Å². The molecule has 0 atom stereocenters. The molecule has 0 aliphatic heterocycles. The highest BCUT2D eigenvalue weighted by molar-refractivity contribution is 7.92. The number of nitrogens with one attached hydrogen (secondary N) is 2. The molecule has 0 unspecified atom stereocenters. The molecule has 5 nitrogen and oxygen atoms in total. The van der Waals surface area contributed by atoms with Crippen LogP contribution in [0.4, 0.5) is 11.4 Å². The predicted octanol–water partition coefficient (Wildman–Crippen LogP) is 6.01. The van der Waals surface area contributed by atoms with Crippen molar-refractivity contribution in [3.8, 4) is 0 Å². The number of anilines is 2. The molecule has 0 aliphatic carbocycles. The third-order valence-corrected chi connectivity index (χ3v) is 6.71. The summed E-state index contributed by atoms with van der Waals surface area (Å²) in [7, 11) is -3.94. The maximum absolute atomic E-state index is 12.9. The smallest absolute Gasteiger partial charge is 0.262 e. The number of carbonyl (C=O) groups is 1. The van der Waals surface area contributed by atoms with Crippen LogP contribution in [0.15, 0.2) is 65.6 Å². The molecule has 0 saturated carbocycles. The number of amides is 1. The van der Waals surface area contributed by atoms with Gasteiger partial charge in [-0.05, 0) is 48.9 Å². The van der Waals surface area contributed by atoms with E-state index in [1.54, 1.807) is 55.5 Å². The molecule has 0 bridgehead atoms. The first kappa shape index (κ1) is 21.5. The lowest BCUT2D eigenvalue weighted by Gasteiger charge is -2.14. The predicted molar refractivity (Wildman–Crippen MR) is 118 cm³/mol. The molecule has 0 aliphatic rings. The second-order valence-corrected chi connectivity index (χ2v) is 8.96. The fraction of sp³-hybridized carbons (Fsp3) is 0.0500. The highest BCUT2D eigenvalue weighted by Crippen LogP contribution is 2.29. The number of para-hydroxylation sites is 1. The van der Waals surface area contributed by atoms with Gasteiger partial charge in [0.25, 0.3) is 15.9 Å². The minimum absolute atomic E-state index is 0.00686. The molecule has 0 aromatic heterocycles. The first-order chi connectivity index (χ1) is 13.7. The van der Waals surface area contributed by atoms with Crippen molar-refractivity contribution in [2.24, 2.45) is 0 Å². The van der Waals surface area contributed by atoms with Crippen molar-refractivity contribution in [2.45, 2.75) is 11.8 Å². The third-order valence-electron chi connectivity index (χ3n) is 4.05. The molecule has 29 heavy (non-hydrogen) atoms. The number of benzene rings is 3. The Labute approximate surface area is 183 Å². The lowest BCUT2D eigenvalue weighted by Crippen LogP contribution is -2.16. The number of hydrogen-bond acceptors (Lipinski definition) is 3. The maximum Gasteiger partial charge on any atom is 0.262 e. The van der Waals surface area contributed by atoms with Gasteiger partial charge in [-0.1, -0.05) is 59.1 Å². The van der Waals surface area contributed by atoms with E-state index in [-0.39, 0.29) is 36.9 Å². The van der Waals surface area contributed by atoms with Gasteiger partial charge < -0.3 is 5.32 Å². The molecule has 1 amide bonds. The Balaban J connectivity index is 1.91. The fourth-order valence-electron chi connectivity index (χ4n) is 2.59. The minimum atomic E-state index is -3.94. The van der Waals surface area contributed by atoms with E-state index >= 15 is 0 Å². The first-order valence-corrected chi connectivity index (χ1v) is 10.9. The number of sulfonamides is 1. The van der Waals surface area contributed by atoms with Crippen LogP contribution in [0.25, 0.3) is 0 Å². The van der Waals surface area contributed by atoms with Crippen LogP contribution in [0, 0.1) is 6.92 Å². The van der Waals surface area contributed by atoms with Gasteiger partial charge in [-0.25, -0.2) is 8.42 Å².